The zero-order valence-corrected chi connectivity index (χ0v) is 12.5. The van der Waals surface area contributed by atoms with Gasteiger partial charge in [0.05, 0.1) is 0 Å². The monoisotopic (exact) mass is 261 g/mol. The van der Waals surface area contributed by atoms with Crippen molar-refractivity contribution in [2.45, 2.75) is 65.5 Å². The zero-order valence-electron chi connectivity index (χ0n) is 12.5. The molecule has 1 aromatic carbocycles. The molecule has 0 bridgehead atoms. The summed E-state index contributed by atoms with van der Waals surface area (Å²) in [6, 6.07) is 4.85. The molecule has 2 heteroatoms. The number of hydrogen-bond donors (Lipinski definition) is 2. The topological polar surface area (TPSA) is 32.3 Å². The molecule has 19 heavy (non-hydrogen) atoms. The third-order valence-electron chi connectivity index (χ3n) is 4.40. The van der Waals surface area contributed by atoms with Crippen molar-refractivity contribution in [2.24, 2.45) is 5.92 Å². The van der Waals surface area contributed by atoms with Crippen molar-refractivity contribution in [3.63, 3.8) is 0 Å². The van der Waals surface area contributed by atoms with Gasteiger partial charge in [0.15, 0.2) is 0 Å². The number of hydrogen-bond acceptors (Lipinski definition) is 2. The van der Waals surface area contributed by atoms with Crippen molar-refractivity contribution in [1.82, 2.24) is 5.32 Å². The Hall–Kier alpha value is -1.02. The molecule has 1 fully saturated rings. The standard InChI is InChI=1S/C17H27NO/c1-12-5-4-6-16(8-7-12)18-11-15-9-13(2)17(19)14(3)10-15/h9-10,12,16,18-19H,4-8,11H2,1-3H3. The van der Waals surface area contributed by atoms with Gasteiger partial charge in [-0.05, 0) is 55.7 Å². The van der Waals surface area contributed by atoms with Crippen LogP contribution in [0.1, 0.15) is 55.7 Å². The van der Waals surface area contributed by atoms with E-state index in [1.165, 1.54) is 37.7 Å². The maximum absolute atomic E-state index is 9.79. The Bertz CT molecular complexity index is 404. The Kier molecular flexibility index (Phi) is 4.87. The molecule has 1 aliphatic rings. The van der Waals surface area contributed by atoms with Crippen LogP contribution in [0.3, 0.4) is 0 Å². The van der Waals surface area contributed by atoms with Gasteiger partial charge in [-0.15, -0.1) is 0 Å². The molecule has 1 saturated carbocycles. The molecule has 1 aliphatic carbocycles. The fourth-order valence-corrected chi connectivity index (χ4v) is 3.10. The summed E-state index contributed by atoms with van der Waals surface area (Å²) in [5, 5.41) is 13.5. The number of phenolic OH excluding ortho intramolecular Hbond substituents is 1. The van der Waals surface area contributed by atoms with Crippen molar-refractivity contribution < 1.29 is 5.11 Å². The second-order valence-electron chi connectivity index (χ2n) is 6.27. The largest absolute Gasteiger partial charge is 0.507 e. The number of nitrogens with one attached hydrogen (secondary N) is 1. The SMILES string of the molecule is Cc1cc(CNC2CCCC(C)CC2)cc(C)c1O. The molecule has 0 amide bonds. The maximum Gasteiger partial charge on any atom is 0.121 e. The lowest BCUT2D eigenvalue weighted by Crippen LogP contribution is -2.28. The van der Waals surface area contributed by atoms with Gasteiger partial charge in [-0.25, -0.2) is 0 Å². The fraction of sp³-hybridized carbons (Fsp3) is 0.647. The third kappa shape index (κ3) is 3.97. The first-order valence-corrected chi connectivity index (χ1v) is 7.58. The van der Waals surface area contributed by atoms with E-state index >= 15 is 0 Å². The fourth-order valence-electron chi connectivity index (χ4n) is 3.10. The van der Waals surface area contributed by atoms with Gasteiger partial charge in [-0.2, -0.15) is 0 Å². The molecule has 2 rings (SSSR count). The summed E-state index contributed by atoms with van der Waals surface area (Å²) in [7, 11) is 0. The van der Waals surface area contributed by atoms with Crippen LogP contribution in [0, 0.1) is 19.8 Å². The highest BCUT2D eigenvalue weighted by Crippen LogP contribution is 2.25. The van der Waals surface area contributed by atoms with Crippen LogP contribution < -0.4 is 5.32 Å². The molecule has 0 spiro atoms. The Morgan fingerprint density at radius 1 is 1.11 bits per heavy atom. The van der Waals surface area contributed by atoms with E-state index in [-0.39, 0.29) is 0 Å². The summed E-state index contributed by atoms with van der Waals surface area (Å²) in [4.78, 5) is 0. The van der Waals surface area contributed by atoms with Gasteiger partial charge in [-0.3, -0.25) is 0 Å². The van der Waals surface area contributed by atoms with Crippen molar-refractivity contribution in [3.8, 4) is 5.75 Å². The highest BCUT2D eigenvalue weighted by atomic mass is 16.3. The Morgan fingerprint density at radius 3 is 2.47 bits per heavy atom. The number of rotatable bonds is 3. The van der Waals surface area contributed by atoms with E-state index in [1.54, 1.807) is 0 Å². The molecule has 1 aromatic rings. The van der Waals surface area contributed by atoms with Crippen LogP contribution in [0.2, 0.25) is 0 Å². The average molecular weight is 261 g/mol. The predicted octanol–water partition coefficient (Wildman–Crippen LogP) is 4.07. The van der Waals surface area contributed by atoms with Crippen LogP contribution in [-0.2, 0) is 6.54 Å². The average Bonchev–Trinajstić information content (AvgIpc) is 2.58. The van der Waals surface area contributed by atoms with Crippen molar-refractivity contribution in [3.05, 3.63) is 28.8 Å². The van der Waals surface area contributed by atoms with Crippen molar-refractivity contribution in [1.29, 1.82) is 0 Å². The van der Waals surface area contributed by atoms with Crippen LogP contribution >= 0.6 is 0 Å². The lowest BCUT2D eigenvalue weighted by Gasteiger charge is -2.17. The summed E-state index contributed by atoms with van der Waals surface area (Å²) >= 11 is 0. The Morgan fingerprint density at radius 2 is 1.79 bits per heavy atom. The van der Waals surface area contributed by atoms with Crippen LogP contribution in [0.25, 0.3) is 0 Å². The second kappa shape index (κ2) is 6.42. The molecule has 106 valence electrons. The van der Waals surface area contributed by atoms with Gasteiger partial charge in [0, 0.05) is 12.6 Å². The predicted molar refractivity (Wildman–Crippen MR) is 80.5 cm³/mol. The maximum atomic E-state index is 9.79. The highest BCUT2D eigenvalue weighted by molar-refractivity contribution is 5.42. The molecule has 2 unspecified atom stereocenters. The Balaban J connectivity index is 1.91. The first kappa shape index (κ1) is 14.4. The quantitative estimate of drug-likeness (QED) is 0.804. The number of aromatic hydroxyl groups is 1. The minimum atomic E-state index is 0.437. The summed E-state index contributed by atoms with van der Waals surface area (Å²) in [5.74, 6) is 1.33. The molecule has 2 atom stereocenters. The van der Waals surface area contributed by atoms with E-state index in [0.29, 0.717) is 11.8 Å². The summed E-state index contributed by atoms with van der Waals surface area (Å²) in [5.41, 5.74) is 3.24. The van der Waals surface area contributed by atoms with Crippen molar-refractivity contribution in [2.75, 3.05) is 0 Å². The molecule has 0 aromatic heterocycles. The first-order chi connectivity index (χ1) is 9.06. The second-order valence-corrected chi connectivity index (χ2v) is 6.27. The van der Waals surface area contributed by atoms with Gasteiger partial charge in [-0.1, -0.05) is 31.9 Å². The van der Waals surface area contributed by atoms with E-state index in [1.807, 2.05) is 13.8 Å². The number of benzene rings is 1. The molecule has 2 N–H and O–H groups in total. The normalized spacial score (nSPS) is 24.2. The number of aryl methyl sites for hydroxylation is 2. The molecule has 0 heterocycles. The van der Waals surface area contributed by atoms with Crippen molar-refractivity contribution >= 4 is 0 Å². The van der Waals surface area contributed by atoms with E-state index in [9.17, 15) is 5.11 Å². The van der Waals surface area contributed by atoms with E-state index in [2.05, 4.69) is 24.4 Å². The third-order valence-corrected chi connectivity index (χ3v) is 4.40. The molecule has 0 radical (unpaired) electrons. The lowest BCUT2D eigenvalue weighted by molar-refractivity contribution is 0.446. The van der Waals surface area contributed by atoms with Crippen LogP contribution in [0.15, 0.2) is 12.1 Å². The molecular formula is C17H27NO. The molecule has 2 nitrogen and oxygen atoms in total. The summed E-state index contributed by atoms with van der Waals surface area (Å²) < 4.78 is 0. The van der Waals surface area contributed by atoms with Gasteiger partial charge >= 0.3 is 0 Å². The van der Waals surface area contributed by atoms with Gasteiger partial charge < -0.3 is 10.4 Å². The van der Waals surface area contributed by atoms with Gasteiger partial charge in [0.25, 0.3) is 0 Å². The minimum absolute atomic E-state index is 0.437. The van der Waals surface area contributed by atoms with E-state index in [0.717, 1.165) is 23.6 Å². The zero-order chi connectivity index (χ0) is 13.8. The van der Waals surface area contributed by atoms with Gasteiger partial charge in [0.2, 0.25) is 0 Å². The lowest BCUT2D eigenvalue weighted by atomic mass is 10.0. The van der Waals surface area contributed by atoms with Crippen LogP contribution in [-0.4, -0.2) is 11.1 Å². The van der Waals surface area contributed by atoms with Crippen LogP contribution in [0.5, 0.6) is 5.75 Å². The minimum Gasteiger partial charge on any atom is -0.507 e. The van der Waals surface area contributed by atoms with Gasteiger partial charge in [0.1, 0.15) is 5.75 Å². The van der Waals surface area contributed by atoms with Crippen LogP contribution in [0.4, 0.5) is 0 Å². The molecular weight excluding hydrogens is 234 g/mol. The van der Waals surface area contributed by atoms with E-state index < -0.39 is 0 Å². The Labute approximate surface area is 117 Å². The first-order valence-electron chi connectivity index (χ1n) is 7.58. The summed E-state index contributed by atoms with van der Waals surface area (Å²) in [6.45, 7) is 7.23. The highest BCUT2D eigenvalue weighted by Gasteiger charge is 2.15. The molecule has 0 saturated heterocycles. The number of phenols is 1. The van der Waals surface area contributed by atoms with E-state index in [4.69, 9.17) is 0 Å². The molecule has 0 aliphatic heterocycles. The summed E-state index contributed by atoms with van der Waals surface area (Å²) in [6.07, 6.45) is 6.70. The smallest absolute Gasteiger partial charge is 0.121 e.